The van der Waals surface area contributed by atoms with Crippen molar-refractivity contribution in [1.29, 1.82) is 0 Å². The molecule has 1 aromatic heterocycles. The fourth-order valence-corrected chi connectivity index (χ4v) is 2.42. The number of amides is 1. The number of nitrogens with zero attached hydrogens (tertiary/aromatic N) is 1. The Kier molecular flexibility index (Phi) is 5.88. The van der Waals surface area contributed by atoms with Crippen LogP contribution in [0.1, 0.15) is 44.1 Å². The second kappa shape index (κ2) is 6.95. The van der Waals surface area contributed by atoms with Crippen LogP contribution in [0.2, 0.25) is 0 Å². The molecular formula is C13H21BrN2O2. The number of aliphatic hydroxyl groups is 1. The van der Waals surface area contributed by atoms with Gasteiger partial charge in [-0.3, -0.25) is 4.79 Å². The van der Waals surface area contributed by atoms with E-state index in [4.69, 9.17) is 0 Å². The molecule has 2 N–H and O–H groups in total. The fourth-order valence-electron chi connectivity index (χ4n) is 1.96. The number of carbonyl (C=O) groups is 1. The first-order valence-corrected chi connectivity index (χ1v) is 7.08. The van der Waals surface area contributed by atoms with Crippen molar-refractivity contribution in [2.45, 2.75) is 52.3 Å². The maximum absolute atomic E-state index is 12.1. The van der Waals surface area contributed by atoms with Gasteiger partial charge in [0.25, 0.3) is 5.91 Å². The summed E-state index contributed by atoms with van der Waals surface area (Å²) in [4.78, 5) is 12.1. The molecule has 0 radical (unpaired) electrons. The summed E-state index contributed by atoms with van der Waals surface area (Å²) in [5.74, 6) is -0.0951. The van der Waals surface area contributed by atoms with E-state index < -0.39 is 6.10 Å². The first-order valence-electron chi connectivity index (χ1n) is 6.28. The van der Waals surface area contributed by atoms with Crippen LogP contribution >= 0.6 is 15.9 Å². The highest BCUT2D eigenvalue weighted by molar-refractivity contribution is 9.10. The standard InChI is InChI=1S/C13H21BrN2O2/c1-4-5-16-8-11(14)7-12(16)13(18)15-9(2)6-10(3)17/h7-10,17H,4-6H2,1-3H3,(H,15,18). The minimum Gasteiger partial charge on any atom is -0.393 e. The van der Waals surface area contributed by atoms with Crippen molar-refractivity contribution in [3.05, 3.63) is 22.4 Å². The van der Waals surface area contributed by atoms with Gasteiger partial charge in [-0.05, 0) is 48.7 Å². The molecule has 2 atom stereocenters. The van der Waals surface area contributed by atoms with Crippen LogP contribution in [0, 0.1) is 0 Å². The first-order chi connectivity index (χ1) is 8.43. The molecule has 1 heterocycles. The van der Waals surface area contributed by atoms with Crippen LogP contribution in [-0.2, 0) is 6.54 Å². The van der Waals surface area contributed by atoms with E-state index in [-0.39, 0.29) is 11.9 Å². The molecule has 0 aliphatic heterocycles. The molecule has 1 aromatic rings. The van der Waals surface area contributed by atoms with E-state index in [2.05, 4.69) is 28.2 Å². The average molecular weight is 317 g/mol. The summed E-state index contributed by atoms with van der Waals surface area (Å²) in [6, 6.07) is 1.78. The zero-order valence-corrected chi connectivity index (χ0v) is 12.7. The number of rotatable bonds is 6. The maximum Gasteiger partial charge on any atom is 0.268 e. The summed E-state index contributed by atoms with van der Waals surface area (Å²) in [6.45, 7) is 6.51. The van der Waals surface area contributed by atoms with Crippen LogP contribution in [0.15, 0.2) is 16.7 Å². The largest absolute Gasteiger partial charge is 0.393 e. The molecule has 1 rings (SSSR count). The van der Waals surface area contributed by atoms with Gasteiger partial charge < -0.3 is 15.0 Å². The third kappa shape index (κ3) is 4.46. The van der Waals surface area contributed by atoms with Gasteiger partial charge in [-0.1, -0.05) is 6.92 Å². The van der Waals surface area contributed by atoms with E-state index in [1.807, 2.05) is 23.8 Å². The first kappa shape index (κ1) is 15.2. The molecule has 5 heteroatoms. The van der Waals surface area contributed by atoms with Gasteiger partial charge in [-0.25, -0.2) is 0 Å². The fraction of sp³-hybridized carbons (Fsp3) is 0.615. The second-order valence-corrected chi connectivity index (χ2v) is 5.61. The Hall–Kier alpha value is -0.810. The Bertz CT molecular complexity index is 402. The predicted octanol–water partition coefficient (Wildman–Crippen LogP) is 2.55. The third-order valence-corrected chi connectivity index (χ3v) is 3.07. The highest BCUT2D eigenvalue weighted by Crippen LogP contribution is 2.16. The van der Waals surface area contributed by atoms with Crippen molar-refractivity contribution < 1.29 is 9.90 Å². The third-order valence-electron chi connectivity index (χ3n) is 2.63. The summed E-state index contributed by atoms with van der Waals surface area (Å²) in [6.07, 6.45) is 3.04. The van der Waals surface area contributed by atoms with Gasteiger partial charge in [0.05, 0.1) is 6.10 Å². The molecule has 0 bridgehead atoms. The molecular weight excluding hydrogens is 296 g/mol. The molecule has 0 saturated heterocycles. The Balaban J connectivity index is 2.71. The van der Waals surface area contributed by atoms with Crippen molar-refractivity contribution in [2.75, 3.05) is 0 Å². The highest BCUT2D eigenvalue weighted by Gasteiger charge is 2.15. The molecule has 0 saturated carbocycles. The Morgan fingerprint density at radius 2 is 2.22 bits per heavy atom. The number of nitrogens with one attached hydrogen (secondary N) is 1. The Labute approximate surface area is 117 Å². The molecule has 0 aliphatic rings. The van der Waals surface area contributed by atoms with Crippen molar-refractivity contribution in [3.63, 3.8) is 0 Å². The number of aromatic nitrogens is 1. The highest BCUT2D eigenvalue weighted by atomic mass is 79.9. The zero-order valence-electron chi connectivity index (χ0n) is 11.1. The van der Waals surface area contributed by atoms with Gasteiger partial charge in [-0.15, -0.1) is 0 Å². The SMILES string of the molecule is CCCn1cc(Br)cc1C(=O)NC(C)CC(C)O. The van der Waals surface area contributed by atoms with E-state index in [0.717, 1.165) is 17.4 Å². The average Bonchev–Trinajstić information content (AvgIpc) is 2.58. The van der Waals surface area contributed by atoms with Crippen LogP contribution < -0.4 is 5.32 Å². The van der Waals surface area contributed by atoms with Gasteiger partial charge in [-0.2, -0.15) is 0 Å². The zero-order chi connectivity index (χ0) is 13.7. The minimum absolute atomic E-state index is 0.0405. The van der Waals surface area contributed by atoms with Crippen LogP contribution in [0.4, 0.5) is 0 Å². The number of hydrogen-bond donors (Lipinski definition) is 2. The van der Waals surface area contributed by atoms with Crippen molar-refractivity contribution >= 4 is 21.8 Å². The minimum atomic E-state index is -0.408. The lowest BCUT2D eigenvalue weighted by atomic mass is 10.1. The molecule has 0 spiro atoms. The van der Waals surface area contributed by atoms with Crippen molar-refractivity contribution in [1.82, 2.24) is 9.88 Å². The number of aryl methyl sites for hydroxylation is 1. The van der Waals surface area contributed by atoms with Crippen molar-refractivity contribution in [2.24, 2.45) is 0 Å². The van der Waals surface area contributed by atoms with Gasteiger partial charge >= 0.3 is 0 Å². The topological polar surface area (TPSA) is 54.3 Å². The maximum atomic E-state index is 12.1. The van der Waals surface area contributed by atoms with E-state index >= 15 is 0 Å². The summed E-state index contributed by atoms with van der Waals surface area (Å²) >= 11 is 3.39. The van der Waals surface area contributed by atoms with Crippen LogP contribution in [0.3, 0.4) is 0 Å². The lowest BCUT2D eigenvalue weighted by Crippen LogP contribution is -2.35. The number of carbonyl (C=O) groups excluding carboxylic acids is 1. The molecule has 2 unspecified atom stereocenters. The van der Waals surface area contributed by atoms with Gasteiger partial charge in [0.2, 0.25) is 0 Å². The van der Waals surface area contributed by atoms with Crippen molar-refractivity contribution in [3.8, 4) is 0 Å². The van der Waals surface area contributed by atoms with E-state index in [0.29, 0.717) is 12.1 Å². The van der Waals surface area contributed by atoms with Crippen LogP contribution in [0.25, 0.3) is 0 Å². The van der Waals surface area contributed by atoms with Gasteiger partial charge in [0, 0.05) is 23.3 Å². The molecule has 102 valence electrons. The summed E-state index contributed by atoms with van der Waals surface area (Å²) < 4.78 is 2.85. The predicted molar refractivity (Wildman–Crippen MR) is 75.6 cm³/mol. The van der Waals surface area contributed by atoms with E-state index in [9.17, 15) is 9.90 Å². The van der Waals surface area contributed by atoms with Crippen LogP contribution in [0.5, 0.6) is 0 Å². The second-order valence-electron chi connectivity index (χ2n) is 4.70. The smallest absolute Gasteiger partial charge is 0.268 e. The summed E-state index contributed by atoms with van der Waals surface area (Å²) in [7, 11) is 0. The normalized spacial score (nSPS) is 14.3. The monoisotopic (exact) mass is 316 g/mol. The number of halogens is 1. The molecule has 18 heavy (non-hydrogen) atoms. The molecule has 4 nitrogen and oxygen atoms in total. The number of hydrogen-bond acceptors (Lipinski definition) is 2. The molecule has 1 amide bonds. The summed E-state index contributed by atoms with van der Waals surface area (Å²) in [5.41, 5.74) is 0.654. The molecule has 0 fully saturated rings. The Morgan fingerprint density at radius 3 is 2.78 bits per heavy atom. The lowest BCUT2D eigenvalue weighted by molar-refractivity contribution is 0.0913. The Morgan fingerprint density at radius 1 is 1.56 bits per heavy atom. The van der Waals surface area contributed by atoms with E-state index in [1.54, 1.807) is 6.92 Å². The van der Waals surface area contributed by atoms with Gasteiger partial charge in [0.1, 0.15) is 5.69 Å². The van der Waals surface area contributed by atoms with Gasteiger partial charge in [0.15, 0.2) is 0 Å². The van der Waals surface area contributed by atoms with E-state index in [1.165, 1.54) is 0 Å². The lowest BCUT2D eigenvalue weighted by Gasteiger charge is -2.16. The number of aliphatic hydroxyl groups excluding tert-OH is 1. The van der Waals surface area contributed by atoms with Crippen LogP contribution in [-0.4, -0.2) is 27.7 Å². The summed E-state index contributed by atoms with van der Waals surface area (Å²) in [5, 5.41) is 12.2. The molecule has 0 aromatic carbocycles. The quantitative estimate of drug-likeness (QED) is 0.847. The molecule has 0 aliphatic carbocycles.